The molecule has 2 aliphatic rings. The maximum Gasteiger partial charge on any atom is 0.258 e. The Morgan fingerprint density at radius 2 is 1.72 bits per heavy atom. The molecular formula is C28H29F2N9. The minimum absolute atomic E-state index is 0.0688. The molecule has 0 N–H and O–H groups in total. The summed E-state index contributed by atoms with van der Waals surface area (Å²) < 4.78 is 31.7. The van der Waals surface area contributed by atoms with E-state index in [0.717, 1.165) is 34.8 Å². The molecule has 0 unspecified atom stereocenters. The largest absolute Gasteiger partial charge is 0.349 e. The molecule has 4 aromatic heterocycles. The number of piperazine rings is 1. The van der Waals surface area contributed by atoms with Gasteiger partial charge in [-0.1, -0.05) is 12.1 Å². The highest BCUT2D eigenvalue weighted by Gasteiger charge is 2.37. The molecule has 9 nitrogen and oxygen atoms in total. The molecule has 1 aromatic carbocycles. The van der Waals surface area contributed by atoms with Gasteiger partial charge in [0.15, 0.2) is 11.5 Å². The molecule has 0 radical (unpaired) electrons. The van der Waals surface area contributed by atoms with Gasteiger partial charge in [-0.25, -0.2) is 18.2 Å². The van der Waals surface area contributed by atoms with Gasteiger partial charge in [-0.2, -0.15) is 4.98 Å². The lowest BCUT2D eigenvalue weighted by Gasteiger charge is -2.47. The first-order chi connectivity index (χ1) is 19.0. The summed E-state index contributed by atoms with van der Waals surface area (Å²) in [4.78, 5) is 18.8. The highest BCUT2D eigenvalue weighted by molar-refractivity contribution is 5.86. The smallest absolute Gasteiger partial charge is 0.258 e. The third-order valence-corrected chi connectivity index (χ3v) is 7.99. The lowest BCUT2D eigenvalue weighted by molar-refractivity contribution is 0.127. The van der Waals surface area contributed by atoms with Crippen molar-refractivity contribution in [2.24, 2.45) is 5.92 Å². The van der Waals surface area contributed by atoms with E-state index >= 15 is 0 Å². The monoisotopic (exact) mass is 529 g/mol. The second kappa shape index (κ2) is 9.33. The number of nitrogens with zero attached hydrogens (tertiary/aromatic N) is 9. The summed E-state index contributed by atoms with van der Waals surface area (Å²) in [5.41, 5.74) is 3.44. The van der Waals surface area contributed by atoms with Crippen molar-refractivity contribution in [3.05, 3.63) is 78.1 Å². The Balaban J connectivity index is 1.26. The van der Waals surface area contributed by atoms with E-state index in [0.29, 0.717) is 24.8 Å². The molecule has 1 saturated heterocycles. The van der Waals surface area contributed by atoms with Crippen LogP contribution in [0.2, 0.25) is 0 Å². The fourth-order valence-corrected chi connectivity index (χ4v) is 5.84. The molecule has 1 saturated carbocycles. The van der Waals surface area contributed by atoms with Crippen LogP contribution in [0.25, 0.3) is 16.9 Å². The number of pyridine rings is 1. The van der Waals surface area contributed by atoms with Gasteiger partial charge in [0.1, 0.15) is 23.5 Å². The number of rotatable bonds is 6. The van der Waals surface area contributed by atoms with Crippen LogP contribution >= 0.6 is 0 Å². The number of imidazole rings is 1. The van der Waals surface area contributed by atoms with Crippen molar-refractivity contribution in [1.29, 1.82) is 0 Å². The second-order valence-electron chi connectivity index (χ2n) is 10.9. The quantitative estimate of drug-likeness (QED) is 0.325. The number of hydrogen-bond donors (Lipinski definition) is 0. The molecule has 7 rings (SSSR count). The van der Waals surface area contributed by atoms with E-state index in [9.17, 15) is 8.78 Å². The molecule has 3 atom stereocenters. The normalized spacial score (nSPS) is 21.2. The fourth-order valence-electron chi connectivity index (χ4n) is 5.84. The van der Waals surface area contributed by atoms with Gasteiger partial charge in [-0.3, -0.25) is 9.88 Å². The third kappa shape index (κ3) is 4.30. The molecule has 1 aliphatic carbocycles. The van der Waals surface area contributed by atoms with E-state index in [-0.39, 0.29) is 29.8 Å². The molecule has 5 heterocycles. The number of anilines is 1. The van der Waals surface area contributed by atoms with Crippen LogP contribution in [0.3, 0.4) is 0 Å². The highest BCUT2D eigenvalue weighted by Crippen LogP contribution is 2.36. The zero-order valence-electron chi connectivity index (χ0n) is 21.8. The summed E-state index contributed by atoms with van der Waals surface area (Å²) in [6.07, 6.45) is 7.34. The van der Waals surface area contributed by atoms with Crippen LogP contribution in [0.15, 0.2) is 55.2 Å². The summed E-state index contributed by atoms with van der Waals surface area (Å²) in [6, 6.07) is 9.51. The van der Waals surface area contributed by atoms with E-state index in [1.165, 1.54) is 37.2 Å². The first-order valence-corrected chi connectivity index (χ1v) is 13.4. The molecule has 200 valence electrons. The standard InChI is InChI=1S/C28H29F2N9/c1-17-13-38(26-24-27(39-16-33-35-28(39)34-26)36(15-32-24)14-19-3-4-19)18(2)12-37(17)25(20-5-7-21(29)8-6-20)23-10-9-22(30)11-31-23/h5-11,15-19,25H,3-4,12-14H2,1-2H3/t17-,18+,25+/m1/s1. The fraction of sp³-hybridized carbons (Fsp3) is 0.393. The van der Waals surface area contributed by atoms with Crippen molar-refractivity contribution in [1.82, 2.24) is 39.0 Å². The number of aromatic nitrogens is 7. The summed E-state index contributed by atoms with van der Waals surface area (Å²) in [5, 5.41) is 8.40. The Hall–Kier alpha value is -3.99. The van der Waals surface area contributed by atoms with Crippen LogP contribution in [0.5, 0.6) is 0 Å². The summed E-state index contributed by atoms with van der Waals surface area (Å²) in [7, 11) is 0. The van der Waals surface area contributed by atoms with Crippen LogP contribution in [-0.2, 0) is 6.54 Å². The first kappa shape index (κ1) is 24.1. The predicted octanol–water partition coefficient (Wildman–Crippen LogP) is 4.25. The molecule has 1 aliphatic heterocycles. The maximum absolute atomic E-state index is 13.8. The number of halogens is 2. The lowest BCUT2D eigenvalue weighted by atomic mass is 9.96. The van der Waals surface area contributed by atoms with Crippen molar-refractivity contribution in [2.45, 2.75) is 51.4 Å². The van der Waals surface area contributed by atoms with Crippen LogP contribution < -0.4 is 4.90 Å². The van der Waals surface area contributed by atoms with Gasteiger partial charge in [-0.05, 0) is 62.4 Å². The molecule has 11 heteroatoms. The van der Waals surface area contributed by atoms with Crippen molar-refractivity contribution in [3.8, 4) is 0 Å². The Kier molecular flexibility index (Phi) is 5.76. The van der Waals surface area contributed by atoms with Crippen LogP contribution in [0.1, 0.15) is 44.0 Å². The maximum atomic E-state index is 13.8. The number of benzene rings is 1. The number of fused-ring (bicyclic) bond motifs is 3. The van der Waals surface area contributed by atoms with E-state index in [1.807, 2.05) is 10.7 Å². The zero-order chi connectivity index (χ0) is 26.7. The highest BCUT2D eigenvalue weighted by atomic mass is 19.1. The topological polar surface area (TPSA) is 80.3 Å². The Bertz CT molecular complexity index is 1580. The van der Waals surface area contributed by atoms with E-state index in [1.54, 1.807) is 24.5 Å². The Morgan fingerprint density at radius 1 is 0.923 bits per heavy atom. The van der Waals surface area contributed by atoms with Crippen molar-refractivity contribution >= 4 is 22.8 Å². The first-order valence-electron chi connectivity index (χ1n) is 13.4. The van der Waals surface area contributed by atoms with Crippen LogP contribution in [0, 0.1) is 17.6 Å². The predicted molar refractivity (Wildman–Crippen MR) is 142 cm³/mol. The van der Waals surface area contributed by atoms with Crippen LogP contribution in [0.4, 0.5) is 14.6 Å². The summed E-state index contributed by atoms with van der Waals surface area (Å²) >= 11 is 0. The summed E-state index contributed by atoms with van der Waals surface area (Å²) in [6.45, 7) is 6.63. The van der Waals surface area contributed by atoms with Crippen LogP contribution in [-0.4, -0.2) is 64.2 Å². The van der Waals surface area contributed by atoms with E-state index < -0.39 is 0 Å². The van der Waals surface area contributed by atoms with Gasteiger partial charge >= 0.3 is 0 Å². The zero-order valence-corrected chi connectivity index (χ0v) is 21.8. The lowest BCUT2D eigenvalue weighted by Crippen LogP contribution is -2.57. The van der Waals surface area contributed by atoms with Crippen molar-refractivity contribution in [2.75, 3.05) is 18.0 Å². The minimum Gasteiger partial charge on any atom is -0.349 e. The molecular weight excluding hydrogens is 500 g/mol. The molecule has 2 fully saturated rings. The Labute approximate surface area is 224 Å². The van der Waals surface area contributed by atoms with Gasteiger partial charge < -0.3 is 9.47 Å². The SMILES string of the molecule is C[C@@H]1CN(c2nc3nncn3c3c2ncn3CC2CC2)[C@@H](C)CN1[C@@H](c1ccc(F)cc1)c1ccc(F)cn1. The van der Waals surface area contributed by atoms with Gasteiger partial charge in [0.05, 0.1) is 24.3 Å². The van der Waals surface area contributed by atoms with E-state index in [4.69, 9.17) is 9.97 Å². The average molecular weight is 530 g/mol. The average Bonchev–Trinajstić information content (AvgIpc) is 3.45. The van der Waals surface area contributed by atoms with Gasteiger partial charge in [-0.15, -0.1) is 10.2 Å². The van der Waals surface area contributed by atoms with E-state index in [2.05, 4.69) is 43.4 Å². The third-order valence-electron chi connectivity index (χ3n) is 7.99. The molecule has 39 heavy (non-hydrogen) atoms. The molecule has 0 spiro atoms. The van der Waals surface area contributed by atoms with Crippen molar-refractivity contribution < 1.29 is 8.78 Å². The molecule has 0 bridgehead atoms. The van der Waals surface area contributed by atoms with Gasteiger partial charge in [0, 0.05) is 31.7 Å². The second-order valence-corrected chi connectivity index (χ2v) is 10.9. The molecule has 0 amide bonds. The van der Waals surface area contributed by atoms with Gasteiger partial charge in [0.25, 0.3) is 5.78 Å². The summed E-state index contributed by atoms with van der Waals surface area (Å²) in [5.74, 6) is 1.37. The Morgan fingerprint density at radius 3 is 2.46 bits per heavy atom. The number of hydrogen-bond acceptors (Lipinski definition) is 7. The minimum atomic E-state index is -0.386. The van der Waals surface area contributed by atoms with Gasteiger partial charge in [0.2, 0.25) is 0 Å². The molecule has 5 aromatic rings. The van der Waals surface area contributed by atoms with Crippen molar-refractivity contribution in [3.63, 3.8) is 0 Å².